The zero-order valence-electron chi connectivity index (χ0n) is 12.5. The van der Waals surface area contributed by atoms with E-state index in [4.69, 9.17) is 0 Å². The second-order valence-corrected chi connectivity index (χ2v) is 6.78. The SMILES string of the molecule is O=C(CN1CC[C@@H](O)C1)Nc1ncc(Cc2ccc(F)cc2)s1. The average Bonchev–Trinajstić information content (AvgIpc) is 3.11. The second-order valence-electron chi connectivity index (χ2n) is 5.66. The fourth-order valence-electron chi connectivity index (χ4n) is 2.57. The van der Waals surface area contributed by atoms with Crippen molar-refractivity contribution in [3.8, 4) is 0 Å². The standard InChI is InChI=1S/C16H18FN3O2S/c17-12-3-1-11(2-4-12)7-14-8-18-16(23-14)19-15(22)10-20-6-5-13(21)9-20/h1-4,8,13,21H,5-7,9-10H2,(H,18,19,22)/t13-/m1/s1. The first kappa shape index (κ1) is 16.0. The van der Waals surface area contributed by atoms with Crippen molar-refractivity contribution in [3.63, 3.8) is 0 Å². The number of likely N-dealkylation sites (tertiary alicyclic amines) is 1. The predicted octanol–water partition coefficient (Wildman–Crippen LogP) is 1.88. The molecule has 2 N–H and O–H groups in total. The topological polar surface area (TPSA) is 65.5 Å². The molecule has 3 rings (SSSR count). The lowest BCUT2D eigenvalue weighted by Crippen LogP contribution is -2.32. The molecule has 0 bridgehead atoms. The normalized spacial score (nSPS) is 18.3. The first-order chi connectivity index (χ1) is 11.1. The van der Waals surface area contributed by atoms with Gasteiger partial charge in [0, 0.05) is 30.6 Å². The number of carbonyl (C=O) groups excluding carboxylic acids is 1. The van der Waals surface area contributed by atoms with Crippen LogP contribution in [0.1, 0.15) is 16.9 Å². The molecule has 122 valence electrons. The molecule has 0 radical (unpaired) electrons. The van der Waals surface area contributed by atoms with E-state index in [1.54, 1.807) is 18.3 Å². The van der Waals surface area contributed by atoms with E-state index >= 15 is 0 Å². The molecule has 2 aromatic rings. The smallest absolute Gasteiger partial charge is 0.240 e. The molecule has 0 aliphatic carbocycles. The van der Waals surface area contributed by atoms with Crippen LogP contribution in [0.3, 0.4) is 0 Å². The minimum atomic E-state index is -0.329. The maximum atomic E-state index is 12.9. The summed E-state index contributed by atoms with van der Waals surface area (Å²) < 4.78 is 12.9. The van der Waals surface area contributed by atoms with Gasteiger partial charge in [0.05, 0.1) is 12.6 Å². The lowest BCUT2D eigenvalue weighted by Gasteiger charge is -2.13. The average molecular weight is 335 g/mol. The van der Waals surface area contributed by atoms with Gasteiger partial charge < -0.3 is 10.4 Å². The van der Waals surface area contributed by atoms with Gasteiger partial charge >= 0.3 is 0 Å². The highest BCUT2D eigenvalue weighted by Crippen LogP contribution is 2.21. The number of aliphatic hydroxyl groups is 1. The molecule has 1 amide bonds. The summed E-state index contributed by atoms with van der Waals surface area (Å²) in [6.45, 7) is 1.55. The number of rotatable bonds is 5. The van der Waals surface area contributed by atoms with Gasteiger partial charge in [0.25, 0.3) is 0 Å². The number of hydrogen-bond acceptors (Lipinski definition) is 5. The van der Waals surface area contributed by atoms with Crippen LogP contribution < -0.4 is 5.32 Å². The molecular formula is C16H18FN3O2S. The Hall–Kier alpha value is -1.83. The van der Waals surface area contributed by atoms with E-state index in [1.165, 1.54) is 23.5 Å². The van der Waals surface area contributed by atoms with Gasteiger partial charge in [-0.15, -0.1) is 11.3 Å². The van der Waals surface area contributed by atoms with Gasteiger partial charge in [-0.25, -0.2) is 9.37 Å². The van der Waals surface area contributed by atoms with Crippen LogP contribution in [-0.2, 0) is 11.2 Å². The molecule has 1 saturated heterocycles. The minimum absolute atomic E-state index is 0.123. The van der Waals surface area contributed by atoms with Gasteiger partial charge in [0.2, 0.25) is 5.91 Å². The van der Waals surface area contributed by atoms with Gasteiger partial charge in [-0.1, -0.05) is 12.1 Å². The molecule has 5 nitrogen and oxygen atoms in total. The second kappa shape index (κ2) is 7.16. The Bertz CT molecular complexity index is 674. The highest BCUT2D eigenvalue weighted by atomic mass is 32.1. The third-order valence-corrected chi connectivity index (χ3v) is 4.62. The van der Waals surface area contributed by atoms with Crippen LogP contribution in [0.25, 0.3) is 0 Å². The third-order valence-electron chi connectivity index (χ3n) is 3.71. The number of anilines is 1. The van der Waals surface area contributed by atoms with E-state index < -0.39 is 0 Å². The highest BCUT2D eigenvalue weighted by Gasteiger charge is 2.22. The summed E-state index contributed by atoms with van der Waals surface area (Å²) in [5.74, 6) is -0.375. The van der Waals surface area contributed by atoms with Crippen LogP contribution in [0.15, 0.2) is 30.5 Å². The number of nitrogens with zero attached hydrogens (tertiary/aromatic N) is 2. The Kier molecular flexibility index (Phi) is 5.00. The van der Waals surface area contributed by atoms with Crippen molar-refractivity contribution < 1.29 is 14.3 Å². The molecule has 1 aliphatic rings. The summed E-state index contributed by atoms with van der Waals surface area (Å²) in [6, 6.07) is 6.35. The Morgan fingerprint density at radius 3 is 2.91 bits per heavy atom. The summed E-state index contributed by atoms with van der Waals surface area (Å²) in [7, 11) is 0. The molecular weight excluding hydrogens is 317 g/mol. The van der Waals surface area contributed by atoms with Gasteiger partial charge in [-0.3, -0.25) is 9.69 Å². The number of nitrogens with one attached hydrogen (secondary N) is 1. The Morgan fingerprint density at radius 1 is 1.43 bits per heavy atom. The Morgan fingerprint density at radius 2 is 2.22 bits per heavy atom. The monoisotopic (exact) mass is 335 g/mol. The first-order valence-corrected chi connectivity index (χ1v) is 8.29. The number of hydrogen-bond donors (Lipinski definition) is 2. The Labute approximate surface area is 137 Å². The fraction of sp³-hybridized carbons (Fsp3) is 0.375. The lowest BCUT2D eigenvalue weighted by molar-refractivity contribution is -0.117. The molecule has 1 aromatic heterocycles. The van der Waals surface area contributed by atoms with Crippen LogP contribution in [-0.4, -0.2) is 46.6 Å². The molecule has 1 fully saturated rings. The van der Waals surface area contributed by atoms with Gasteiger partial charge in [0.1, 0.15) is 5.82 Å². The van der Waals surface area contributed by atoms with Crippen LogP contribution in [0.5, 0.6) is 0 Å². The predicted molar refractivity (Wildman–Crippen MR) is 87.0 cm³/mol. The van der Waals surface area contributed by atoms with Gasteiger partial charge in [-0.05, 0) is 24.1 Å². The van der Waals surface area contributed by atoms with Crippen molar-refractivity contribution >= 4 is 22.4 Å². The fourth-order valence-corrected chi connectivity index (χ4v) is 3.43. The molecule has 0 saturated carbocycles. The van der Waals surface area contributed by atoms with E-state index in [9.17, 15) is 14.3 Å². The number of thiazole rings is 1. The van der Waals surface area contributed by atoms with Crippen molar-refractivity contribution in [3.05, 3.63) is 46.7 Å². The summed E-state index contributed by atoms with van der Waals surface area (Å²) in [5.41, 5.74) is 0.999. The van der Waals surface area contributed by atoms with Crippen LogP contribution >= 0.6 is 11.3 Å². The minimum Gasteiger partial charge on any atom is -0.392 e. The molecule has 1 aromatic carbocycles. The van der Waals surface area contributed by atoms with E-state index in [1.807, 2.05) is 4.90 Å². The molecule has 23 heavy (non-hydrogen) atoms. The van der Waals surface area contributed by atoms with Crippen molar-refractivity contribution in [1.29, 1.82) is 0 Å². The van der Waals surface area contributed by atoms with E-state index in [-0.39, 0.29) is 24.4 Å². The van der Waals surface area contributed by atoms with Crippen molar-refractivity contribution in [2.45, 2.75) is 18.9 Å². The molecule has 1 atom stereocenters. The number of β-amino-alcohol motifs (C(OH)–C–C–N with tert-alkyl or cyclic N) is 1. The third kappa shape index (κ3) is 4.57. The van der Waals surface area contributed by atoms with E-state index in [0.29, 0.717) is 24.5 Å². The van der Waals surface area contributed by atoms with Crippen molar-refractivity contribution in [2.24, 2.45) is 0 Å². The molecule has 0 spiro atoms. The zero-order chi connectivity index (χ0) is 16.2. The largest absolute Gasteiger partial charge is 0.392 e. The first-order valence-electron chi connectivity index (χ1n) is 7.48. The van der Waals surface area contributed by atoms with Crippen LogP contribution in [0, 0.1) is 5.82 Å². The van der Waals surface area contributed by atoms with Crippen LogP contribution in [0.2, 0.25) is 0 Å². The Balaban J connectivity index is 1.52. The number of aromatic nitrogens is 1. The lowest BCUT2D eigenvalue weighted by atomic mass is 10.1. The molecule has 7 heteroatoms. The molecule has 0 unspecified atom stereocenters. The zero-order valence-corrected chi connectivity index (χ0v) is 13.4. The van der Waals surface area contributed by atoms with Gasteiger partial charge in [-0.2, -0.15) is 0 Å². The van der Waals surface area contributed by atoms with E-state index in [2.05, 4.69) is 10.3 Å². The number of halogens is 1. The highest BCUT2D eigenvalue weighted by molar-refractivity contribution is 7.15. The summed E-state index contributed by atoms with van der Waals surface area (Å²) >= 11 is 1.41. The van der Waals surface area contributed by atoms with Crippen LogP contribution in [0.4, 0.5) is 9.52 Å². The summed E-state index contributed by atoms with van der Waals surface area (Å²) in [6.07, 6.45) is 2.77. The number of benzene rings is 1. The van der Waals surface area contributed by atoms with E-state index in [0.717, 1.165) is 17.0 Å². The quantitative estimate of drug-likeness (QED) is 0.876. The van der Waals surface area contributed by atoms with Gasteiger partial charge in [0.15, 0.2) is 5.13 Å². The maximum absolute atomic E-state index is 12.9. The number of aliphatic hydroxyl groups excluding tert-OH is 1. The van der Waals surface area contributed by atoms with Crippen molar-refractivity contribution in [1.82, 2.24) is 9.88 Å². The summed E-state index contributed by atoms with van der Waals surface area (Å²) in [4.78, 5) is 19.1. The van der Waals surface area contributed by atoms with Crippen molar-refractivity contribution in [2.75, 3.05) is 25.0 Å². The summed E-state index contributed by atoms with van der Waals surface area (Å²) in [5, 5.41) is 12.8. The number of carbonyl (C=O) groups is 1. The molecule has 2 heterocycles. The maximum Gasteiger partial charge on any atom is 0.240 e. The number of amides is 1. The molecule has 1 aliphatic heterocycles.